The summed E-state index contributed by atoms with van der Waals surface area (Å²) in [5.74, 6) is -0.839. The highest BCUT2D eigenvalue weighted by atomic mass is 32.1. The second-order valence-corrected chi connectivity index (χ2v) is 8.75. The third-order valence-electron chi connectivity index (χ3n) is 5.91. The second kappa shape index (κ2) is 6.64. The first kappa shape index (κ1) is 18.3. The van der Waals surface area contributed by atoms with Crippen molar-refractivity contribution in [2.24, 2.45) is 5.73 Å². The van der Waals surface area contributed by atoms with Crippen molar-refractivity contribution in [1.29, 1.82) is 0 Å². The molecule has 4 N–H and O–H groups in total. The molecule has 3 amide bonds. The van der Waals surface area contributed by atoms with Crippen LogP contribution in [0.2, 0.25) is 0 Å². The Balaban J connectivity index is 1.32. The number of piperidine rings is 1. The molecule has 5 rings (SSSR count). The van der Waals surface area contributed by atoms with E-state index < -0.39 is 11.9 Å². The summed E-state index contributed by atoms with van der Waals surface area (Å²) in [5, 5.41) is 8.47. The molecule has 1 unspecified atom stereocenters. The van der Waals surface area contributed by atoms with Gasteiger partial charge in [-0.3, -0.25) is 19.7 Å². The molecule has 0 radical (unpaired) electrons. The fraction of sp³-hybridized carbons (Fsp3) is 0.400. The molecular weight excluding hydrogens is 390 g/mol. The van der Waals surface area contributed by atoms with Gasteiger partial charge in [-0.15, -0.1) is 11.3 Å². The fourth-order valence-corrected chi connectivity index (χ4v) is 4.78. The molecule has 150 valence electrons. The number of amides is 3. The molecule has 2 aromatic rings. The Kier molecular flexibility index (Phi) is 4.18. The van der Waals surface area contributed by atoms with Crippen LogP contribution in [0, 0.1) is 0 Å². The van der Waals surface area contributed by atoms with Crippen LogP contribution in [0.1, 0.15) is 52.9 Å². The van der Waals surface area contributed by atoms with E-state index in [1.54, 1.807) is 11.0 Å². The molecular formula is C20H21N5O3S. The predicted molar refractivity (Wildman–Crippen MR) is 107 cm³/mol. The Morgan fingerprint density at radius 3 is 2.90 bits per heavy atom. The standard InChI is InChI=1S/C20H21N5O3S/c21-20(6-7-20)15-10-29-19(23-15)22-8-11-2-1-3-12-13(11)9-25(18(12)28)14-4-5-16(26)24-17(14)27/h1-3,10,14H,4-9,21H2,(H,22,23)(H,24,26,27). The van der Waals surface area contributed by atoms with Crippen LogP contribution in [0.3, 0.4) is 0 Å². The van der Waals surface area contributed by atoms with Crippen LogP contribution in [-0.4, -0.2) is 33.6 Å². The molecule has 1 saturated heterocycles. The maximum atomic E-state index is 12.9. The molecule has 2 aliphatic heterocycles. The molecule has 1 atom stereocenters. The average Bonchev–Trinajstić information content (AvgIpc) is 3.13. The molecule has 3 heterocycles. The molecule has 1 aromatic heterocycles. The summed E-state index contributed by atoms with van der Waals surface area (Å²) in [6.45, 7) is 0.900. The van der Waals surface area contributed by atoms with Gasteiger partial charge >= 0.3 is 0 Å². The predicted octanol–water partition coefficient (Wildman–Crippen LogP) is 1.46. The van der Waals surface area contributed by atoms with Gasteiger partial charge in [-0.2, -0.15) is 0 Å². The lowest BCUT2D eigenvalue weighted by atomic mass is 10.0. The summed E-state index contributed by atoms with van der Waals surface area (Å²) in [7, 11) is 0. The van der Waals surface area contributed by atoms with E-state index in [0.29, 0.717) is 25.1 Å². The fourth-order valence-electron chi connectivity index (χ4n) is 3.96. The van der Waals surface area contributed by atoms with Gasteiger partial charge in [-0.1, -0.05) is 12.1 Å². The number of rotatable bonds is 5. The topological polar surface area (TPSA) is 117 Å². The van der Waals surface area contributed by atoms with Crippen LogP contribution in [0.15, 0.2) is 23.6 Å². The smallest absolute Gasteiger partial charge is 0.255 e. The van der Waals surface area contributed by atoms with E-state index in [4.69, 9.17) is 5.73 Å². The van der Waals surface area contributed by atoms with Crippen LogP contribution in [0.4, 0.5) is 5.13 Å². The molecule has 8 nitrogen and oxygen atoms in total. The summed E-state index contributed by atoms with van der Waals surface area (Å²) in [4.78, 5) is 42.7. The number of benzene rings is 1. The highest BCUT2D eigenvalue weighted by Gasteiger charge is 2.42. The van der Waals surface area contributed by atoms with Crippen molar-refractivity contribution in [2.75, 3.05) is 5.32 Å². The van der Waals surface area contributed by atoms with Crippen molar-refractivity contribution in [1.82, 2.24) is 15.2 Å². The Labute approximate surface area is 171 Å². The van der Waals surface area contributed by atoms with Crippen molar-refractivity contribution in [3.05, 3.63) is 46.0 Å². The minimum Gasteiger partial charge on any atom is -0.357 e. The van der Waals surface area contributed by atoms with Gasteiger partial charge < -0.3 is 16.0 Å². The number of nitrogens with two attached hydrogens (primary N) is 1. The van der Waals surface area contributed by atoms with Crippen molar-refractivity contribution in [2.45, 2.75) is 50.4 Å². The first-order valence-corrected chi connectivity index (χ1v) is 10.6. The maximum absolute atomic E-state index is 12.9. The minimum absolute atomic E-state index is 0.160. The number of nitrogens with one attached hydrogen (secondary N) is 2. The monoisotopic (exact) mass is 411 g/mol. The van der Waals surface area contributed by atoms with Gasteiger partial charge in [-0.25, -0.2) is 4.98 Å². The van der Waals surface area contributed by atoms with E-state index in [0.717, 1.165) is 34.8 Å². The summed E-state index contributed by atoms with van der Waals surface area (Å²) in [5.41, 5.74) is 9.42. The lowest BCUT2D eigenvalue weighted by molar-refractivity contribution is -0.136. The van der Waals surface area contributed by atoms with E-state index in [9.17, 15) is 14.4 Å². The molecule has 1 saturated carbocycles. The minimum atomic E-state index is -0.603. The molecule has 1 aliphatic carbocycles. The summed E-state index contributed by atoms with van der Waals surface area (Å²) >= 11 is 1.53. The quantitative estimate of drug-likeness (QED) is 0.642. The number of imide groups is 1. The third-order valence-corrected chi connectivity index (χ3v) is 6.71. The number of thiazole rings is 1. The van der Waals surface area contributed by atoms with Crippen molar-refractivity contribution in [3.8, 4) is 0 Å². The maximum Gasteiger partial charge on any atom is 0.255 e. The molecule has 9 heteroatoms. The number of aromatic nitrogens is 1. The zero-order chi connectivity index (χ0) is 20.2. The average molecular weight is 411 g/mol. The lowest BCUT2D eigenvalue weighted by Crippen LogP contribution is -2.52. The number of nitrogens with zero attached hydrogens (tertiary/aromatic N) is 2. The van der Waals surface area contributed by atoms with Gasteiger partial charge in [0.1, 0.15) is 6.04 Å². The number of carbonyl (C=O) groups is 3. The SMILES string of the molecule is NC1(c2csc(NCc3cccc4c3CN(C3CCC(=O)NC3=O)C4=O)n2)CC1. The second-order valence-electron chi connectivity index (χ2n) is 7.89. The molecule has 1 aromatic carbocycles. The van der Waals surface area contributed by atoms with Crippen LogP contribution in [-0.2, 0) is 28.2 Å². The molecule has 3 aliphatic rings. The number of hydrogen-bond donors (Lipinski definition) is 3. The van der Waals surface area contributed by atoms with Gasteiger partial charge in [-0.05, 0) is 36.5 Å². The third kappa shape index (κ3) is 3.20. The van der Waals surface area contributed by atoms with E-state index in [1.165, 1.54) is 11.3 Å². The van der Waals surface area contributed by atoms with Crippen LogP contribution < -0.4 is 16.4 Å². The summed E-state index contributed by atoms with van der Waals surface area (Å²) in [6, 6.07) is 5.02. The van der Waals surface area contributed by atoms with E-state index in [1.807, 2.05) is 17.5 Å². The highest BCUT2D eigenvalue weighted by molar-refractivity contribution is 7.13. The van der Waals surface area contributed by atoms with Gasteiger partial charge in [0.15, 0.2) is 5.13 Å². The number of anilines is 1. The number of carbonyl (C=O) groups excluding carboxylic acids is 3. The zero-order valence-corrected chi connectivity index (χ0v) is 16.6. The molecule has 0 spiro atoms. The molecule has 29 heavy (non-hydrogen) atoms. The number of fused-ring (bicyclic) bond motifs is 1. The van der Waals surface area contributed by atoms with Gasteiger partial charge in [0.25, 0.3) is 5.91 Å². The first-order chi connectivity index (χ1) is 13.9. The molecule has 0 bridgehead atoms. The number of hydrogen-bond acceptors (Lipinski definition) is 7. The Morgan fingerprint density at radius 1 is 1.31 bits per heavy atom. The molecule has 2 fully saturated rings. The van der Waals surface area contributed by atoms with E-state index in [-0.39, 0.29) is 23.8 Å². The Hall–Kier alpha value is -2.78. The van der Waals surface area contributed by atoms with Gasteiger partial charge in [0.2, 0.25) is 11.8 Å². The highest BCUT2D eigenvalue weighted by Crippen LogP contribution is 2.43. The van der Waals surface area contributed by atoms with Crippen LogP contribution in [0.5, 0.6) is 0 Å². The summed E-state index contributed by atoms with van der Waals surface area (Å²) in [6.07, 6.45) is 2.56. The zero-order valence-electron chi connectivity index (χ0n) is 15.7. The van der Waals surface area contributed by atoms with Crippen molar-refractivity contribution < 1.29 is 14.4 Å². The normalized spacial score (nSPS) is 22.4. The van der Waals surface area contributed by atoms with E-state index >= 15 is 0 Å². The largest absolute Gasteiger partial charge is 0.357 e. The van der Waals surface area contributed by atoms with Crippen molar-refractivity contribution >= 4 is 34.2 Å². The van der Waals surface area contributed by atoms with Crippen LogP contribution in [0.25, 0.3) is 0 Å². The van der Waals surface area contributed by atoms with Gasteiger partial charge in [0, 0.05) is 30.5 Å². The van der Waals surface area contributed by atoms with Gasteiger partial charge in [0.05, 0.1) is 11.2 Å². The Bertz CT molecular complexity index is 1030. The Morgan fingerprint density at radius 2 is 2.14 bits per heavy atom. The summed E-state index contributed by atoms with van der Waals surface area (Å²) < 4.78 is 0. The first-order valence-electron chi connectivity index (χ1n) is 9.69. The van der Waals surface area contributed by atoms with Crippen LogP contribution >= 0.6 is 11.3 Å². The van der Waals surface area contributed by atoms with E-state index in [2.05, 4.69) is 15.6 Å². The lowest BCUT2D eigenvalue weighted by Gasteiger charge is -2.29. The van der Waals surface area contributed by atoms with Crippen molar-refractivity contribution in [3.63, 3.8) is 0 Å².